The summed E-state index contributed by atoms with van der Waals surface area (Å²) in [5, 5.41) is 2.97. The zero-order valence-electron chi connectivity index (χ0n) is 10.6. The number of methoxy groups -OCH3 is 1. The molecule has 1 aromatic rings. The normalized spacial score (nSPS) is 12.0. The largest absolute Gasteiger partial charge is 0.467 e. The Balaban J connectivity index is 2.97. The smallest absolute Gasteiger partial charge is 0.328 e. The highest BCUT2D eigenvalue weighted by atomic mass is 16.5. The summed E-state index contributed by atoms with van der Waals surface area (Å²) in [4.78, 5) is 19.7. The molecule has 94 valence electrons. The molecule has 3 N–H and O–H groups in total. The average Bonchev–Trinajstić information content (AvgIpc) is 2.33. The van der Waals surface area contributed by atoms with Crippen LogP contribution in [0.15, 0.2) is 0 Å². The van der Waals surface area contributed by atoms with Crippen molar-refractivity contribution < 1.29 is 9.53 Å². The molecule has 1 heterocycles. The Bertz CT molecular complexity index is 420. The number of nitrogen functional groups attached to an aromatic ring is 1. The number of aromatic nitrogens is 2. The van der Waals surface area contributed by atoms with Crippen molar-refractivity contribution in [3.63, 3.8) is 0 Å². The molecule has 0 aliphatic heterocycles. The summed E-state index contributed by atoms with van der Waals surface area (Å²) < 4.78 is 4.63. The average molecular weight is 238 g/mol. The molecule has 6 nitrogen and oxygen atoms in total. The molecule has 17 heavy (non-hydrogen) atoms. The highest BCUT2D eigenvalue weighted by Crippen LogP contribution is 2.18. The van der Waals surface area contributed by atoms with E-state index in [1.165, 1.54) is 7.11 Å². The molecule has 1 rings (SSSR count). The van der Waals surface area contributed by atoms with Crippen molar-refractivity contribution in [2.45, 2.75) is 33.2 Å². The summed E-state index contributed by atoms with van der Waals surface area (Å²) in [6.45, 7) is 5.45. The summed E-state index contributed by atoms with van der Waals surface area (Å²) >= 11 is 0. The van der Waals surface area contributed by atoms with Crippen LogP contribution in [0.25, 0.3) is 0 Å². The molecule has 0 radical (unpaired) electrons. The van der Waals surface area contributed by atoms with Gasteiger partial charge in [0.2, 0.25) is 0 Å². The van der Waals surface area contributed by atoms with Gasteiger partial charge in [0, 0.05) is 12.0 Å². The molecule has 1 aromatic heterocycles. The minimum atomic E-state index is -0.474. The van der Waals surface area contributed by atoms with Crippen molar-refractivity contribution in [3.05, 3.63) is 11.4 Å². The van der Waals surface area contributed by atoms with Crippen molar-refractivity contribution in [2.75, 3.05) is 18.2 Å². The van der Waals surface area contributed by atoms with E-state index >= 15 is 0 Å². The number of hydrogen-bond donors (Lipinski definition) is 2. The molecule has 0 bridgehead atoms. The lowest BCUT2D eigenvalue weighted by atomic mass is 10.2. The zero-order chi connectivity index (χ0) is 13.0. The molecule has 0 fully saturated rings. The summed E-state index contributed by atoms with van der Waals surface area (Å²) in [7, 11) is 1.35. The van der Waals surface area contributed by atoms with E-state index in [0.717, 1.165) is 5.56 Å². The van der Waals surface area contributed by atoms with Crippen LogP contribution in [-0.2, 0) is 16.0 Å². The first kappa shape index (κ1) is 13.2. The highest BCUT2D eigenvalue weighted by Gasteiger charge is 2.16. The number of nitrogens with two attached hydrogens (primary N) is 1. The molecular formula is C11H18N4O2. The number of carbonyl (C=O) groups excluding carboxylic acids is 1. The Kier molecular flexibility index (Phi) is 4.25. The van der Waals surface area contributed by atoms with E-state index in [1.54, 1.807) is 13.8 Å². The third-order valence-electron chi connectivity index (χ3n) is 2.45. The Hall–Kier alpha value is -1.85. The Labute approximate surface area is 101 Å². The number of esters is 1. The second-order valence-electron chi connectivity index (χ2n) is 3.74. The van der Waals surface area contributed by atoms with Crippen molar-refractivity contribution in [3.8, 4) is 0 Å². The van der Waals surface area contributed by atoms with Gasteiger partial charge in [0.25, 0.3) is 0 Å². The molecule has 1 atom stereocenters. The van der Waals surface area contributed by atoms with E-state index in [0.29, 0.717) is 23.9 Å². The molecule has 0 aliphatic carbocycles. The molecule has 0 amide bonds. The molecule has 0 aliphatic rings. The second-order valence-corrected chi connectivity index (χ2v) is 3.74. The lowest BCUT2D eigenvalue weighted by molar-refractivity contribution is -0.141. The molecule has 1 unspecified atom stereocenters. The molecule has 6 heteroatoms. The first-order valence-electron chi connectivity index (χ1n) is 5.46. The van der Waals surface area contributed by atoms with Crippen LogP contribution in [0.5, 0.6) is 0 Å². The minimum Gasteiger partial charge on any atom is -0.467 e. The van der Waals surface area contributed by atoms with Gasteiger partial charge in [0.05, 0.1) is 7.11 Å². The van der Waals surface area contributed by atoms with Crippen LogP contribution in [-0.4, -0.2) is 29.1 Å². The number of nitrogens with zero attached hydrogens (tertiary/aromatic N) is 2. The van der Waals surface area contributed by atoms with E-state index < -0.39 is 6.04 Å². The van der Waals surface area contributed by atoms with Crippen LogP contribution in [0, 0.1) is 6.92 Å². The van der Waals surface area contributed by atoms with Gasteiger partial charge in [0.1, 0.15) is 23.5 Å². The van der Waals surface area contributed by atoms with Crippen molar-refractivity contribution >= 4 is 17.6 Å². The fraction of sp³-hybridized carbons (Fsp3) is 0.545. The van der Waals surface area contributed by atoms with E-state index in [4.69, 9.17) is 5.73 Å². The van der Waals surface area contributed by atoms with E-state index in [-0.39, 0.29) is 5.97 Å². The maximum Gasteiger partial charge on any atom is 0.328 e. The number of aryl methyl sites for hydroxylation is 1. The van der Waals surface area contributed by atoms with Crippen LogP contribution in [0.1, 0.15) is 25.2 Å². The Morgan fingerprint density at radius 2 is 2.18 bits per heavy atom. The third kappa shape index (κ3) is 3.05. The molecular weight excluding hydrogens is 220 g/mol. The van der Waals surface area contributed by atoms with Crippen LogP contribution in [0.2, 0.25) is 0 Å². The summed E-state index contributed by atoms with van der Waals surface area (Å²) in [5.74, 6) is 1.30. The first-order valence-corrected chi connectivity index (χ1v) is 5.46. The number of anilines is 2. The van der Waals surface area contributed by atoms with Crippen molar-refractivity contribution in [2.24, 2.45) is 0 Å². The lowest BCUT2D eigenvalue weighted by Gasteiger charge is -2.15. The van der Waals surface area contributed by atoms with Gasteiger partial charge in [-0.05, 0) is 13.8 Å². The Morgan fingerprint density at radius 1 is 1.53 bits per heavy atom. The Morgan fingerprint density at radius 3 is 2.71 bits per heavy atom. The van der Waals surface area contributed by atoms with Gasteiger partial charge < -0.3 is 15.8 Å². The van der Waals surface area contributed by atoms with E-state index in [9.17, 15) is 4.79 Å². The third-order valence-corrected chi connectivity index (χ3v) is 2.45. The van der Waals surface area contributed by atoms with E-state index in [2.05, 4.69) is 20.0 Å². The predicted molar refractivity (Wildman–Crippen MR) is 65.7 cm³/mol. The van der Waals surface area contributed by atoms with Crippen LogP contribution in [0.3, 0.4) is 0 Å². The van der Waals surface area contributed by atoms with Gasteiger partial charge in [-0.3, -0.25) is 0 Å². The minimum absolute atomic E-state index is 0.348. The highest BCUT2D eigenvalue weighted by molar-refractivity contribution is 5.78. The standard InChI is InChI=1S/C11H18N4O2/c1-5-8-14-9(12)6(2)10(15-8)13-7(3)11(16)17-4/h7H,5H2,1-4H3,(H3,12,13,14,15). The predicted octanol–water partition coefficient (Wildman–Crippen LogP) is 0.903. The topological polar surface area (TPSA) is 90.1 Å². The van der Waals surface area contributed by atoms with E-state index in [1.807, 2.05) is 6.92 Å². The van der Waals surface area contributed by atoms with Crippen LogP contribution in [0.4, 0.5) is 11.6 Å². The molecule has 0 saturated carbocycles. The van der Waals surface area contributed by atoms with Crippen molar-refractivity contribution in [1.82, 2.24) is 9.97 Å². The lowest BCUT2D eigenvalue weighted by Crippen LogP contribution is -2.28. The summed E-state index contributed by atoms with van der Waals surface area (Å²) in [6.07, 6.45) is 0.686. The quantitative estimate of drug-likeness (QED) is 0.757. The van der Waals surface area contributed by atoms with Gasteiger partial charge in [-0.2, -0.15) is 0 Å². The maximum atomic E-state index is 11.3. The van der Waals surface area contributed by atoms with Crippen LogP contribution >= 0.6 is 0 Å². The van der Waals surface area contributed by atoms with Crippen molar-refractivity contribution in [1.29, 1.82) is 0 Å². The SMILES string of the molecule is CCc1nc(N)c(C)c(NC(C)C(=O)OC)n1. The van der Waals surface area contributed by atoms with Gasteiger partial charge in [0.15, 0.2) is 0 Å². The van der Waals surface area contributed by atoms with Gasteiger partial charge in [-0.25, -0.2) is 14.8 Å². The maximum absolute atomic E-state index is 11.3. The number of rotatable bonds is 4. The first-order chi connectivity index (χ1) is 7.99. The van der Waals surface area contributed by atoms with Gasteiger partial charge in [-0.15, -0.1) is 0 Å². The fourth-order valence-corrected chi connectivity index (χ4v) is 1.32. The zero-order valence-corrected chi connectivity index (χ0v) is 10.6. The number of ether oxygens (including phenoxy) is 1. The monoisotopic (exact) mass is 238 g/mol. The molecule has 0 saturated heterocycles. The number of carbonyl (C=O) groups is 1. The van der Waals surface area contributed by atoms with Gasteiger partial charge >= 0.3 is 5.97 Å². The number of hydrogen-bond acceptors (Lipinski definition) is 6. The summed E-state index contributed by atoms with van der Waals surface area (Å²) in [5.41, 5.74) is 6.51. The molecule has 0 spiro atoms. The summed E-state index contributed by atoms with van der Waals surface area (Å²) in [6, 6.07) is -0.474. The number of nitrogens with one attached hydrogen (secondary N) is 1. The fourth-order valence-electron chi connectivity index (χ4n) is 1.32. The molecule has 0 aromatic carbocycles. The van der Waals surface area contributed by atoms with Crippen LogP contribution < -0.4 is 11.1 Å². The van der Waals surface area contributed by atoms with Gasteiger partial charge in [-0.1, -0.05) is 6.92 Å². The second kappa shape index (κ2) is 5.47.